The fourth-order valence-electron chi connectivity index (χ4n) is 5.18. The summed E-state index contributed by atoms with van der Waals surface area (Å²) in [5, 5.41) is 18.5. The van der Waals surface area contributed by atoms with E-state index in [0.717, 1.165) is 25.2 Å². The van der Waals surface area contributed by atoms with Gasteiger partial charge in [0, 0.05) is 0 Å². The Balaban J connectivity index is 0. The van der Waals surface area contributed by atoms with E-state index in [4.69, 9.17) is 14.6 Å². The summed E-state index contributed by atoms with van der Waals surface area (Å²) >= 11 is 0. The molecule has 5 nitrogen and oxygen atoms in total. The van der Waals surface area contributed by atoms with E-state index >= 15 is 0 Å². The van der Waals surface area contributed by atoms with Crippen LogP contribution in [-0.2, 0) is 4.74 Å². The Labute approximate surface area is 326 Å². The zero-order valence-corrected chi connectivity index (χ0v) is 33.2. The third-order valence-electron chi connectivity index (χ3n) is 8.11. The molecule has 46 heavy (non-hydrogen) atoms. The summed E-state index contributed by atoms with van der Waals surface area (Å²) in [5.41, 5.74) is 0. The van der Waals surface area contributed by atoms with Crippen molar-refractivity contribution >= 4 is 0 Å². The molecule has 2 aromatic rings. The molecular weight excluding hydrogens is 600 g/mol. The third kappa shape index (κ3) is 34.9. The van der Waals surface area contributed by atoms with Crippen LogP contribution in [0.4, 0.5) is 0 Å². The third-order valence-corrected chi connectivity index (χ3v) is 8.11. The molecule has 1 aliphatic rings. The molecule has 0 aliphatic carbocycles. The van der Waals surface area contributed by atoms with Crippen molar-refractivity contribution in [1.29, 1.82) is 0 Å². The van der Waals surface area contributed by atoms with Crippen LogP contribution in [0, 0.1) is 0 Å². The van der Waals surface area contributed by atoms with Gasteiger partial charge in [-0.2, -0.15) is 0 Å². The SMILES string of the molecule is CCCCCCCCCCCCC(O)COc1ccccc1.CCCCCCCCCCCCC1CO1.Oc1ccccc1.[K+].[OH-]. The van der Waals surface area contributed by atoms with Crippen molar-refractivity contribution in [3.63, 3.8) is 0 Å². The van der Waals surface area contributed by atoms with Crippen molar-refractivity contribution in [2.24, 2.45) is 0 Å². The molecule has 0 saturated carbocycles. The number of epoxide rings is 1. The van der Waals surface area contributed by atoms with Gasteiger partial charge in [-0.3, -0.25) is 0 Å². The van der Waals surface area contributed by atoms with E-state index in [-0.39, 0.29) is 63.0 Å². The number of hydrogen-bond donors (Lipinski definition) is 2. The van der Waals surface area contributed by atoms with Crippen LogP contribution in [0.25, 0.3) is 0 Å². The maximum absolute atomic E-state index is 9.91. The Morgan fingerprint density at radius 2 is 1.02 bits per heavy atom. The Morgan fingerprint density at radius 1 is 0.630 bits per heavy atom. The summed E-state index contributed by atoms with van der Waals surface area (Å²) in [4.78, 5) is 0. The zero-order chi connectivity index (χ0) is 31.8. The molecule has 1 saturated heterocycles. The van der Waals surface area contributed by atoms with Crippen LogP contribution >= 0.6 is 0 Å². The van der Waals surface area contributed by atoms with Crippen molar-refractivity contribution in [1.82, 2.24) is 0 Å². The van der Waals surface area contributed by atoms with E-state index in [1.165, 1.54) is 128 Å². The first-order valence-corrected chi connectivity index (χ1v) is 18.4. The van der Waals surface area contributed by atoms with Crippen LogP contribution in [0.1, 0.15) is 155 Å². The molecule has 3 N–H and O–H groups in total. The summed E-state index contributed by atoms with van der Waals surface area (Å²) < 4.78 is 10.8. The van der Waals surface area contributed by atoms with Crippen molar-refractivity contribution in [2.75, 3.05) is 13.2 Å². The number of benzene rings is 2. The largest absolute Gasteiger partial charge is 1.00 e. The number of aliphatic hydroxyl groups excluding tert-OH is 1. The fourth-order valence-corrected chi connectivity index (χ4v) is 5.18. The first-order chi connectivity index (χ1) is 21.7. The van der Waals surface area contributed by atoms with Gasteiger partial charge < -0.3 is 25.2 Å². The minimum absolute atomic E-state index is 0. The first kappa shape index (κ1) is 47.7. The van der Waals surface area contributed by atoms with E-state index in [2.05, 4.69) is 13.8 Å². The standard InChI is InChI=1S/C20H34O2.C14H28O.C6H6O.K.H2O/c1-2-3-4-5-6-7-8-9-10-12-15-19(21)18-22-20-16-13-11-14-17-20;1-2-3-4-5-6-7-8-9-10-11-12-14-13-15-14;7-6-4-2-1-3-5-6;;/h11,13-14,16-17,19,21H,2-10,12,15,18H2,1H3;14H,2-13H2,1H3;1-5,7H;;1H2/q;;;+1;/p-1. The van der Waals surface area contributed by atoms with E-state index in [1.54, 1.807) is 24.3 Å². The van der Waals surface area contributed by atoms with E-state index < -0.39 is 0 Å². The van der Waals surface area contributed by atoms with Gasteiger partial charge in [-0.1, -0.05) is 179 Å². The molecule has 260 valence electrons. The van der Waals surface area contributed by atoms with Gasteiger partial charge in [0.25, 0.3) is 0 Å². The van der Waals surface area contributed by atoms with Gasteiger partial charge in [-0.05, 0) is 37.1 Å². The summed E-state index contributed by atoms with van der Waals surface area (Å²) in [6.45, 7) is 5.99. The van der Waals surface area contributed by atoms with Crippen LogP contribution in [0.2, 0.25) is 0 Å². The van der Waals surface area contributed by atoms with Gasteiger partial charge in [0.05, 0.1) is 18.8 Å². The molecule has 0 bridgehead atoms. The van der Waals surface area contributed by atoms with Gasteiger partial charge in [0.1, 0.15) is 18.1 Å². The molecule has 2 unspecified atom stereocenters. The van der Waals surface area contributed by atoms with Gasteiger partial charge in [-0.25, -0.2) is 0 Å². The summed E-state index contributed by atoms with van der Waals surface area (Å²) in [7, 11) is 0. The van der Waals surface area contributed by atoms with Crippen molar-refractivity contribution in [3.8, 4) is 11.5 Å². The van der Waals surface area contributed by atoms with Crippen LogP contribution < -0.4 is 56.1 Å². The van der Waals surface area contributed by atoms with Crippen LogP contribution in [0.3, 0.4) is 0 Å². The molecule has 1 fully saturated rings. The summed E-state index contributed by atoms with van der Waals surface area (Å²) in [5.74, 6) is 1.16. The molecule has 0 aromatic heterocycles. The minimum Gasteiger partial charge on any atom is -0.870 e. The molecule has 3 rings (SSSR count). The Bertz CT molecular complexity index is 819. The quantitative estimate of drug-likeness (QED) is 0.0628. The molecule has 1 heterocycles. The molecule has 6 heteroatoms. The molecule has 2 atom stereocenters. The molecular formula is C40H69KO5. The number of phenols is 1. The number of aromatic hydroxyl groups is 1. The molecule has 1 aliphatic heterocycles. The number of hydrogen-bond acceptors (Lipinski definition) is 5. The number of unbranched alkanes of at least 4 members (excludes halogenated alkanes) is 18. The topological polar surface area (TPSA) is 92.2 Å². The minimum atomic E-state index is -0.339. The smallest absolute Gasteiger partial charge is 0.870 e. The van der Waals surface area contributed by atoms with E-state index in [0.29, 0.717) is 18.5 Å². The van der Waals surface area contributed by atoms with Crippen molar-refractivity contribution < 1.29 is 76.5 Å². The van der Waals surface area contributed by atoms with Crippen LogP contribution in [0.5, 0.6) is 11.5 Å². The number of ether oxygens (including phenoxy) is 2. The average molecular weight is 669 g/mol. The second-order valence-electron chi connectivity index (χ2n) is 12.5. The second kappa shape index (κ2) is 37.4. The normalized spacial score (nSPS) is 13.5. The Kier molecular flexibility index (Phi) is 38.7. The first-order valence-electron chi connectivity index (χ1n) is 18.4. The number of aliphatic hydroxyl groups is 1. The summed E-state index contributed by atoms with van der Waals surface area (Å²) in [6.07, 6.45) is 30.1. The van der Waals surface area contributed by atoms with E-state index in [9.17, 15) is 5.11 Å². The zero-order valence-electron chi connectivity index (χ0n) is 30.1. The van der Waals surface area contributed by atoms with Gasteiger partial charge in [-0.15, -0.1) is 0 Å². The van der Waals surface area contributed by atoms with Crippen LogP contribution in [0.15, 0.2) is 60.7 Å². The second-order valence-corrected chi connectivity index (χ2v) is 12.5. The number of phenolic OH excluding ortho intramolecular Hbond substituents is 1. The van der Waals surface area contributed by atoms with Crippen LogP contribution in [-0.4, -0.2) is 41.1 Å². The van der Waals surface area contributed by atoms with E-state index in [1.807, 2.05) is 36.4 Å². The predicted octanol–water partition coefficient (Wildman–Crippen LogP) is 8.65. The number of rotatable bonds is 25. The number of para-hydroxylation sites is 2. The molecule has 0 radical (unpaired) electrons. The van der Waals surface area contributed by atoms with Gasteiger partial charge in [0.2, 0.25) is 0 Å². The van der Waals surface area contributed by atoms with Crippen molar-refractivity contribution in [2.45, 2.75) is 167 Å². The Hall–Kier alpha value is -0.444. The molecule has 0 amide bonds. The van der Waals surface area contributed by atoms with Gasteiger partial charge >= 0.3 is 51.4 Å². The summed E-state index contributed by atoms with van der Waals surface area (Å²) in [6, 6.07) is 18.4. The molecule has 0 spiro atoms. The maximum atomic E-state index is 9.91. The predicted molar refractivity (Wildman–Crippen MR) is 191 cm³/mol. The molecule has 2 aromatic carbocycles. The van der Waals surface area contributed by atoms with Crippen molar-refractivity contribution in [3.05, 3.63) is 60.7 Å². The monoisotopic (exact) mass is 668 g/mol. The fraction of sp³-hybridized carbons (Fsp3) is 0.700. The van der Waals surface area contributed by atoms with Gasteiger partial charge in [0.15, 0.2) is 0 Å². The Morgan fingerprint density at radius 3 is 1.41 bits per heavy atom. The average Bonchev–Trinajstić information content (AvgIpc) is 3.88. The maximum Gasteiger partial charge on any atom is 1.00 e.